The molecule has 0 spiro atoms. The van der Waals surface area contributed by atoms with Gasteiger partial charge in [0.25, 0.3) is 0 Å². The molecule has 0 saturated carbocycles. The Kier molecular flexibility index (Phi) is 3.65. The molecule has 0 aliphatic carbocycles. The minimum atomic E-state index is 0.860. The molecule has 1 heteroatoms. The lowest BCUT2D eigenvalue weighted by Crippen LogP contribution is -1.85. The summed E-state index contributed by atoms with van der Waals surface area (Å²) in [5, 5.41) is 0. The van der Waals surface area contributed by atoms with Crippen LogP contribution in [0.1, 0.15) is 25.8 Å². The van der Waals surface area contributed by atoms with Crippen LogP contribution in [0.4, 0.5) is 0 Å². The normalized spacial score (nSPS) is 12.5. The molecule has 1 heterocycles. The zero-order valence-corrected chi connectivity index (χ0v) is 7.84. The van der Waals surface area contributed by atoms with E-state index in [1.165, 1.54) is 12.0 Å². The molecule has 2 rings (SSSR count). The number of benzene rings is 1. The van der Waals surface area contributed by atoms with Crippen LogP contribution in [0.5, 0.6) is 5.75 Å². The van der Waals surface area contributed by atoms with Crippen LogP contribution in [-0.4, -0.2) is 6.61 Å². The maximum atomic E-state index is 5.30. The van der Waals surface area contributed by atoms with Gasteiger partial charge < -0.3 is 4.74 Å². The second-order valence-corrected chi connectivity index (χ2v) is 2.91. The van der Waals surface area contributed by atoms with Crippen molar-refractivity contribution >= 4 is 0 Å². The number of rotatable bonds is 0. The molecular weight excluding hydrogens is 148 g/mol. The van der Waals surface area contributed by atoms with Crippen LogP contribution in [0.25, 0.3) is 0 Å². The van der Waals surface area contributed by atoms with Gasteiger partial charge >= 0.3 is 0 Å². The van der Waals surface area contributed by atoms with Crippen molar-refractivity contribution in [3.05, 3.63) is 29.8 Å². The fraction of sp³-hybridized carbons (Fsp3) is 0.455. The quantitative estimate of drug-likeness (QED) is 0.572. The van der Waals surface area contributed by atoms with Crippen molar-refractivity contribution < 1.29 is 4.74 Å². The largest absolute Gasteiger partial charge is 0.493 e. The molecule has 0 amide bonds. The summed E-state index contributed by atoms with van der Waals surface area (Å²) in [7, 11) is 0. The molecule has 1 aliphatic rings. The number of hydrogen-bond donors (Lipinski definition) is 0. The summed E-state index contributed by atoms with van der Waals surface area (Å²) in [5.41, 5.74) is 1.34. The van der Waals surface area contributed by atoms with E-state index in [4.69, 9.17) is 4.74 Å². The molecule has 0 bridgehead atoms. The van der Waals surface area contributed by atoms with E-state index < -0.39 is 0 Å². The maximum absolute atomic E-state index is 5.30. The van der Waals surface area contributed by atoms with Gasteiger partial charge in [0.2, 0.25) is 0 Å². The lowest BCUT2D eigenvalue weighted by atomic mass is 10.2. The van der Waals surface area contributed by atoms with Gasteiger partial charge in [-0.25, -0.2) is 0 Å². The van der Waals surface area contributed by atoms with Crippen LogP contribution in [0.3, 0.4) is 0 Å². The minimum absolute atomic E-state index is 0.860. The van der Waals surface area contributed by atoms with Crippen molar-refractivity contribution in [3.8, 4) is 5.75 Å². The fourth-order valence-electron chi connectivity index (χ4n) is 1.12. The highest BCUT2D eigenvalue weighted by atomic mass is 16.5. The summed E-state index contributed by atoms with van der Waals surface area (Å²) >= 11 is 0. The molecular formula is C11H16O. The smallest absolute Gasteiger partial charge is 0.122 e. The Morgan fingerprint density at radius 2 is 1.92 bits per heavy atom. The van der Waals surface area contributed by atoms with Gasteiger partial charge in [-0.1, -0.05) is 38.5 Å². The first kappa shape index (κ1) is 9.11. The molecule has 0 saturated heterocycles. The summed E-state index contributed by atoms with van der Waals surface area (Å²) in [6.07, 6.45) is 2.33. The predicted molar refractivity (Wildman–Crippen MR) is 51.6 cm³/mol. The first-order valence-electron chi connectivity index (χ1n) is 4.59. The van der Waals surface area contributed by atoms with Gasteiger partial charge in [-0.3, -0.25) is 0 Å². The zero-order chi connectivity index (χ0) is 8.81. The van der Waals surface area contributed by atoms with E-state index in [9.17, 15) is 0 Å². The summed E-state index contributed by atoms with van der Waals surface area (Å²) in [4.78, 5) is 0. The molecule has 1 aliphatic heterocycles. The van der Waals surface area contributed by atoms with E-state index in [1.807, 2.05) is 18.2 Å². The second-order valence-electron chi connectivity index (χ2n) is 2.91. The highest BCUT2D eigenvalue weighted by Crippen LogP contribution is 2.23. The first-order valence-corrected chi connectivity index (χ1v) is 4.59. The van der Waals surface area contributed by atoms with Crippen molar-refractivity contribution in [1.29, 1.82) is 0 Å². The summed E-state index contributed by atoms with van der Waals surface area (Å²) in [6, 6.07) is 8.18. The Labute approximate surface area is 74.4 Å². The van der Waals surface area contributed by atoms with Crippen molar-refractivity contribution in [2.75, 3.05) is 6.61 Å². The average Bonchev–Trinajstić information content (AvgIpc) is 2.52. The Bertz CT molecular complexity index is 207. The van der Waals surface area contributed by atoms with E-state index >= 15 is 0 Å². The maximum Gasteiger partial charge on any atom is 0.122 e. The number of ether oxygens (including phenoxy) is 1. The van der Waals surface area contributed by atoms with Gasteiger partial charge in [0.1, 0.15) is 5.75 Å². The van der Waals surface area contributed by atoms with Gasteiger partial charge in [-0.2, -0.15) is 0 Å². The van der Waals surface area contributed by atoms with Gasteiger partial charge in [-0.15, -0.1) is 0 Å². The molecule has 0 radical (unpaired) electrons. The predicted octanol–water partition coefficient (Wildman–Crippen LogP) is 3.04. The van der Waals surface area contributed by atoms with E-state index in [2.05, 4.69) is 19.9 Å². The number of para-hydroxylation sites is 1. The van der Waals surface area contributed by atoms with E-state index in [0.717, 1.165) is 18.8 Å². The van der Waals surface area contributed by atoms with Crippen LogP contribution in [0.2, 0.25) is 0 Å². The monoisotopic (exact) mass is 164 g/mol. The molecule has 0 aromatic heterocycles. The first-order chi connectivity index (χ1) is 5.88. The van der Waals surface area contributed by atoms with Gasteiger partial charge in [0, 0.05) is 6.42 Å². The highest BCUT2D eigenvalue weighted by Gasteiger charge is 2.08. The lowest BCUT2D eigenvalue weighted by Gasteiger charge is -1.93. The molecule has 1 aromatic rings. The van der Waals surface area contributed by atoms with E-state index in [-0.39, 0.29) is 0 Å². The van der Waals surface area contributed by atoms with Crippen molar-refractivity contribution in [1.82, 2.24) is 0 Å². The van der Waals surface area contributed by atoms with Crippen LogP contribution >= 0.6 is 0 Å². The van der Waals surface area contributed by atoms with Crippen molar-refractivity contribution in [2.45, 2.75) is 26.7 Å². The molecule has 1 nitrogen and oxygen atoms in total. The third-order valence-corrected chi connectivity index (χ3v) is 1.60. The lowest BCUT2D eigenvalue weighted by molar-refractivity contribution is 0.357. The second kappa shape index (κ2) is 4.81. The third-order valence-electron chi connectivity index (χ3n) is 1.60. The van der Waals surface area contributed by atoms with Crippen LogP contribution in [0.15, 0.2) is 24.3 Å². The molecule has 0 unspecified atom stereocenters. The third kappa shape index (κ3) is 2.26. The summed E-state index contributed by atoms with van der Waals surface area (Å²) < 4.78 is 5.30. The van der Waals surface area contributed by atoms with Gasteiger partial charge in [0.15, 0.2) is 0 Å². The Morgan fingerprint density at radius 3 is 2.58 bits per heavy atom. The Morgan fingerprint density at radius 1 is 1.25 bits per heavy atom. The standard InChI is InChI=1S/C8H8O.C3H8/c1-2-4-8-7(3-1)5-6-9-8;1-3-2/h1-4H,5-6H2;3H2,1-2H3. The van der Waals surface area contributed by atoms with Gasteiger partial charge in [-0.05, 0) is 11.6 Å². The molecule has 12 heavy (non-hydrogen) atoms. The van der Waals surface area contributed by atoms with E-state index in [1.54, 1.807) is 0 Å². The van der Waals surface area contributed by atoms with Crippen LogP contribution in [-0.2, 0) is 6.42 Å². The van der Waals surface area contributed by atoms with Crippen LogP contribution < -0.4 is 4.74 Å². The average molecular weight is 164 g/mol. The topological polar surface area (TPSA) is 9.23 Å². The van der Waals surface area contributed by atoms with E-state index in [0.29, 0.717) is 0 Å². The SMILES string of the molecule is CCC.c1ccc2c(c1)CCO2. The Balaban J connectivity index is 0.000000213. The molecule has 66 valence electrons. The summed E-state index contributed by atoms with van der Waals surface area (Å²) in [5.74, 6) is 1.07. The van der Waals surface area contributed by atoms with Gasteiger partial charge in [0.05, 0.1) is 6.61 Å². The molecule has 0 N–H and O–H groups in total. The zero-order valence-electron chi connectivity index (χ0n) is 7.84. The summed E-state index contributed by atoms with van der Waals surface area (Å²) in [6.45, 7) is 5.11. The molecule has 0 atom stereocenters. The number of hydrogen-bond acceptors (Lipinski definition) is 1. The van der Waals surface area contributed by atoms with Crippen LogP contribution in [0, 0.1) is 0 Å². The molecule has 1 aromatic carbocycles. The van der Waals surface area contributed by atoms with Crippen molar-refractivity contribution in [2.24, 2.45) is 0 Å². The number of fused-ring (bicyclic) bond motifs is 1. The minimum Gasteiger partial charge on any atom is -0.493 e. The highest BCUT2D eigenvalue weighted by molar-refractivity contribution is 5.35. The fourth-order valence-corrected chi connectivity index (χ4v) is 1.12. The van der Waals surface area contributed by atoms with Crippen molar-refractivity contribution in [3.63, 3.8) is 0 Å². The molecule has 0 fully saturated rings. The Hall–Kier alpha value is -0.980.